The topological polar surface area (TPSA) is 39.9 Å². The Hall–Kier alpha value is -0.900. The molecule has 1 aliphatic rings. The van der Waals surface area contributed by atoms with Crippen LogP contribution in [0.4, 0.5) is 0 Å². The van der Waals surface area contributed by atoms with E-state index in [2.05, 4.69) is 37.8 Å². The second-order valence-corrected chi connectivity index (χ2v) is 5.06. The van der Waals surface area contributed by atoms with E-state index in [1.807, 2.05) is 4.68 Å². The van der Waals surface area contributed by atoms with Gasteiger partial charge in [0.15, 0.2) is 0 Å². The molecule has 78 valence electrons. The molecule has 1 unspecified atom stereocenters. The summed E-state index contributed by atoms with van der Waals surface area (Å²) in [5.41, 5.74) is -0.239. The summed E-state index contributed by atoms with van der Waals surface area (Å²) in [7, 11) is 0. The lowest BCUT2D eigenvalue weighted by Gasteiger charge is -2.26. The van der Waals surface area contributed by atoms with Crippen molar-refractivity contribution in [3.8, 4) is 0 Å². The third-order valence-corrected chi connectivity index (χ3v) is 2.78. The molecule has 1 aromatic heterocycles. The molecule has 4 nitrogen and oxygen atoms in total. The van der Waals surface area contributed by atoms with Crippen molar-refractivity contribution >= 4 is 0 Å². The minimum Gasteiger partial charge on any atom is -0.367 e. The van der Waals surface area contributed by atoms with E-state index in [0.29, 0.717) is 0 Å². The molecule has 1 fully saturated rings. The van der Waals surface area contributed by atoms with Crippen LogP contribution in [0.5, 0.6) is 0 Å². The van der Waals surface area contributed by atoms with Crippen LogP contribution in [0.1, 0.15) is 40.2 Å². The maximum absolute atomic E-state index is 5.98. The molecule has 2 heterocycles. The first-order valence-electron chi connectivity index (χ1n) is 4.95. The standard InChI is InChI=1S/C10H17N3O/c1-9(2)5-8(10(3,4)14-9)13-7-11-6-12-13/h6-8H,5H2,1-4H3. The quantitative estimate of drug-likeness (QED) is 0.686. The van der Waals surface area contributed by atoms with E-state index in [1.165, 1.54) is 0 Å². The zero-order chi connectivity index (χ0) is 10.4. The molecular formula is C10H17N3O. The monoisotopic (exact) mass is 195 g/mol. The number of nitrogens with zero attached hydrogens (tertiary/aromatic N) is 3. The molecule has 2 rings (SSSR count). The fraction of sp³-hybridized carbons (Fsp3) is 0.800. The van der Waals surface area contributed by atoms with Crippen molar-refractivity contribution in [2.45, 2.75) is 51.4 Å². The normalized spacial score (nSPS) is 29.3. The van der Waals surface area contributed by atoms with Crippen LogP contribution in [0.15, 0.2) is 12.7 Å². The summed E-state index contributed by atoms with van der Waals surface area (Å²) in [6.07, 6.45) is 4.31. The molecule has 0 bridgehead atoms. The van der Waals surface area contributed by atoms with E-state index in [0.717, 1.165) is 6.42 Å². The second-order valence-electron chi connectivity index (χ2n) is 5.06. The molecule has 0 amide bonds. The molecule has 0 saturated carbocycles. The molecule has 1 atom stereocenters. The minimum absolute atomic E-state index is 0.0693. The fourth-order valence-electron chi connectivity index (χ4n) is 2.32. The van der Waals surface area contributed by atoms with Crippen LogP contribution in [0.25, 0.3) is 0 Å². The van der Waals surface area contributed by atoms with Crippen molar-refractivity contribution in [3.63, 3.8) is 0 Å². The van der Waals surface area contributed by atoms with Gasteiger partial charge in [-0.1, -0.05) is 0 Å². The Kier molecular flexibility index (Phi) is 1.93. The molecule has 0 aliphatic carbocycles. The first kappa shape index (κ1) is 9.65. The highest BCUT2D eigenvalue weighted by atomic mass is 16.5. The first-order chi connectivity index (χ1) is 6.41. The van der Waals surface area contributed by atoms with Crippen LogP contribution in [-0.2, 0) is 4.74 Å². The highest BCUT2D eigenvalue weighted by Crippen LogP contribution is 2.44. The van der Waals surface area contributed by atoms with Gasteiger partial charge in [0.05, 0.1) is 17.2 Å². The van der Waals surface area contributed by atoms with E-state index in [1.54, 1.807) is 12.7 Å². The maximum atomic E-state index is 5.98. The van der Waals surface area contributed by atoms with Crippen LogP contribution in [0.2, 0.25) is 0 Å². The Balaban J connectivity index is 2.29. The summed E-state index contributed by atoms with van der Waals surface area (Å²) in [6, 6.07) is 0.278. The molecule has 1 aromatic rings. The molecular weight excluding hydrogens is 178 g/mol. The first-order valence-corrected chi connectivity index (χ1v) is 4.95. The molecule has 14 heavy (non-hydrogen) atoms. The lowest BCUT2D eigenvalue weighted by atomic mass is 9.95. The number of hydrogen-bond donors (Lipinski definition) is 0. The summed E-state index contributed by atoms with van der Waals surface area (Å²) in [4.78, 5) is 3.98. The van der Waals surface area contributed by atoms with Gasteiger partial charge in [0.25, 0.3) is 0 Å². The third-order valence-electron chi connectivity index (χ3n) is 2.78. The van der Waals surface area contributed by atoms with Gasteiger partial charge in [0.2, 0.25) is 0 Å². The summed E-state index contributed by atoms with van der Waals surface area (Å²) in [5.74, 6) is 0. The molecule has 0 N–H and O–H groups in total. The molecule has 1 saturated heterocycles. The van der Waals surface area contributed by atoms with Gasteiger partial charge in [-0.3, -0.25) is 0 Å². The van der Waals surface area contributed by atoms with Crippen LogP contribution < -0.4 is 0 Å². The molecule has 0 radical (unpaired) electrons. The highest BCUT2D eigenvalue weighted by molar-refractivity contribution is 4.97. The average Bonchev–Trinajstić information content (AvgIpc) is 2.54. The molecule has 0 spiro atoms. The van der Waals surface area contributed by atoms with Gasteiger partial charge in [-0.05, 0) is 27.7 Å². The van der Waals surface area contributed by atoms with Gasteiger partial charge < -0.3 is 4.74 Å². The third kappa shape index (κ3) is 1.54. The summed E-state index contributed by atoms with van der Waals surface area (Å²) in [5, 5.41) is 4.18. The SMILES string of the molecule is CC1(C)CC(n2cncn2)C(C)(C)O1. The van der Waals surface area contributed by atoms with Gasteiger partial charge in [-0.25, -0.2) is 9.67 Å². The number of aromatic nitrogens is 3. The Labute approximate surface area is 84.3 Å². The molecule has 0 aromatic carbocycles. The lowest BCUT2D eigenvalue weighted by molar-refractivity contribution is -0.0737. The summed E-state index contributed by atoms with van der Waals surface area (Å²) < 4.78 is 7.88. The Bertz CT molecular complexity index is 316. The predicted molar refractivity (Wildman–Crippen MR) is 52.9 cm³/mol. The predicted octanol–water partition coefficient (Wildman–Crippen LogP) is 1.80. The smallest absolute Gasteiger partial charge is 0.137 e. The zero-order valence-electron chi connectivity index (χ0n) is 9.19. The highest BCUT2D eigenvalue weighted by Gasteiger charge is 2.47. The van der Waals surface area contributed by atoms with E-state index in [9.17, 15) is 0 Å². The Morgan fingerprint density at radius 1 is 1.36 bits per heavy atom. The Morgan fingerprint density at radius 2 is 2.07 bits per heavy atom. The van der Waals surface area contributed by atoms with Crippen LogP contribution in [-0.4, -0.2) is 26.0 Å². The van der Waals surface area contributed by atoms with Crippen LogP contribution in [0, 0.1) is 0 Å². The van der Waals surface area contributed by atoms with Crippen molar-refractivity contribution in [2.24, 2.45) is 0 Å². The van der Waals surface area contributed by atoms with Gasteiger partial charge in [-0.15, -0.1) is 0 Å². The van der Waals surface area contributed by atoms with E-state index in [4.69, 9.17) is 4.74 Å². The second kappa shape index (κ2) is 2.79. The molecule has 1 aliphatic heterocycles. The summed E-state index contributed by atoms with van der Waals surface area (Å²) >= 11 is 0. The fourth-order valence-corrected chi connectivity index (χ4v) is 2.32. The largest absolute Gasteiger partial charge is 0.367 e. The van der Waals surface area contributed by atoms with Crippen molar-refractivity contribution in [3.05, 3.63) is 12.7 Å². The van der Waals surface area contributed by atoms with Crippen molar-refractivity contribution < 1.29 is 4.74 Å². The number of ether oxygens (including phenoxy) is 1. The van der Waals surface area contributed by atoms with Crippen LogP contribution >= 0.6 is 0 Å². The maximum Gasteiger partial charge on any atom is 0.137 e. The van der Waals surface area contributed by atoms with Crippen molar-refractivity contribution in [1.29, 1.82) is 0 Å². The van der Waals surface area contributed by atoms with Gasteiger partial charge in [0, 0.05) is 6.42 Å². The number of hydrogen-bond acceptors (Lipinski definition) is 3. The average molecular weight is 195 g/mol. The van der Waals surface area contributed by atoms with Gasteiger partial charge in [-0.2, -0.15) is 5.10 Å². The molecule has 4 heteroatoms. The lowest BCUT2D eigenvalue weighted by Crippen LogP contribution is -2.31. The van der Waals surface area contributed by atoms with Gasteiger partial charge in [0.1, 0.15) is 12.7 Å². The van der Waals surface area contributed by atoms with E-state index in [-0.39, 0.29) is 17.2 Å². The zero-order valence-corrected chi connectivity index (χ0v) is 9.19. The van der Waals surface area contributed by atoms with Crippen LogP contribution in [0.3, 0.4) is 0 Å². The Morgan fingerprint density at radius 3 is 2.50 bits per heavy atom. The van der Waals surface area contributed by atoms with Crippen molar-refractivity contribution in [2.75, 3.05) is 0 Å². The van der Waals surface area contributed by atoms with Gasteiger partial charge >= 0.3 is 0 Å². The van der Waals surface area contributed by atoms with E-state index < -0.39 is 0 Å². The number of rotatable bonds is 1. The van der Waals surface area contributed by atoms with Crippen molar-refractivity contribution in [1.82, 2.24) is 14.8 Å². The minimum atomic E-state index is -0.169. The van der Waals surface area contributed by atoms with E-state index >= 15 is 0 Å². The summed E-state index contributed by atoms with van der Waals surface area (Å²) in [6.45, 7) is 8.44.